The highest BCUT2D eigenvalue weighted by Crippen LogP contribution is 2.31. The van der Waals surface area contributed by atoms with Crippen molar-refractivity contribution in [2.45, 2.75) is 39.0 Å². The van der Waals surface area contributed by atoms with Gasteiger partial charge in [-0.1, -0.05) is 44.7 Å². The summed E-state index contributed by atoms with van der Waals surface area (Å²) in [5, 5.41) is 5.11. The first-order valence-corrected chi connectivity index (χ1v) is 7.92. The largest absolute Gasteiger partial charge is 0.497 e. The van der Waals surface area contributed by atoms with E-state index < -0.39 is 0 Å². The Morgan fingerprint density at radius 3 is 2.90 bits per heavy atom. The Morgan fingerprint density at radius 2 is 2.20 bits per heavy atom. The lowest BCUT2D eigenvalue weighted by molar-refractivity contribution is 0.375. The number of thioether (sulfide) groups is 1. The fourth-order valence-electron chi connectivity index (χ4n) is 2.26. The minimum absolute atomic E-state index is 0.370. The third-order valence-electron chi connectivity index (χ3n) is 3.13. The van der Waals surface area contributed by atoms with Gasteiger partial charge in [0, 0.05) is 11.8 Å². The SMILES string of the molecule is COc1cccc(CNC2=NCC(CC(C)(C)C)S2)c1. The summed E-state index contributed by atoms with van der Waals surface area (Å²) >= 11 is 1.87. The van der Waals surface area contributed by atoms with Crippen LogP contribution in [-0.2, 0) is 6.54 Å². The molecule has 0 saturated heterocycles. The van der Waals surface area contributed by atoms with E-state index in [1.165, 1.54) is 12.0 Å². The smallest absolute Gasteiger partial charge is 0.157 e. The first kappa shape index (κ1) is 15.2. The van der Waals surface area contributed by atoms with Gasteiger partial charge in [-0.2, -0.15) is 0 Å². The van der Waals surface area contributed by atoms with Gasteiger partial charge in [-0.05, 0) is 29.5 Å². The summed E-state index contributed by atoms with van der Waals surface area (Å²) in [6.07, 6.45) is 1.20. The van der Waals surface area contributed by atoms with Crippen LogP contribution in [0.5, 0.6) is 5.75 Å². The van der Waals surface area contributed by atoms with Gasteiger partial charge in [0.25, 0.3) is 0 Å². The fraction of sp³-hybridized carbons (Fsp3) is 0.562. The van der Waals surface area contributed by atoms with Crippen LogP contribution in [0.4, 0.5) is 0 Å². The highest BCUT2D eigenvalue weighted by Gasteiger charge is 2.24. The molecule has 0 spiro atoms. The molecular weight excluding hydrogens is 268 g/mol. The van der Waals surface area contributed by atoms with E-state index in [2.05, 4.69) is 43.2 Å². The van der Waals surface area contributed by atoms with Crippen LogP contribution in [0.15, 0.2) is 29.3 Å². The van der Waals surface area contributed by atoms with Crippen molar-refractivity contribution < 1.29 is 4.74 Å². The third kappa shape index (κ3) is 4.75. The zero-order valence-corrected chi connectivity index (χ0v) is 13.6. The molecule has 0 aliphatic carbocycles. The quantitative estimate of drug-likeness (QED) is 0.919. The summed E-state index contributed by atoms with van der Waals surface area (Å²) < 4.78 is 5.24. The van der Waals surface area contributed by atoms with E-state index in [4.69, 9.17) is 4.74 Å². The second kappa shape index (κ2) is 6.53. The van der Waals surface area contributed by atoms with Crippen molar-refractivity contribution in [3.05, 3.63) is 29.8 Å². The Balaban J connectivity index is 1.81. The van der Waals surface area contributed by atoms with Crippen molar-refractivity contribution in [3.63, 3.8) is 0 Å². The van der Waals surface area contributed by atoms with Crippen LogP contribution in [0.2, 0.25) is 0 Å². The van der Waals surface area contributed by atoms with Gasteiger partial charge in [0.2, 0.25) is 0 Å². The van der Waals surface area contributed by atoms with Crippen molar-refractivity contribution in [3.8, 4) is 5.75 Å². The van der Waals surface area contributed by atoms with Gasteiger partial charge in [-0.15, -0.1) is 0 Å². The highest BCUT2D eigenvalue weighted by molar-refractivity contribution is 8.14. The Bertz CT molecular complexity index is 480. The predicted octanol–water partition coefficient (Wildman–Crippen LogP) is 3.69. The molecule has 1 aliphatic rings. The van der Waals surface area contributed by atoms with Crippen molar-refractivity contribution in [1.29, 1.82) is 0 Å². The highest BCUT2D eigenvalue weighted by atomic mass is 32.2. The monoisotopic (exact) mass is 292 g/mol. The zero-order valence-electron chi connectivity index (χ0n) is 12.8. The number of methoxy groups -OCH3 is 1. The maximum atomic E-state index is 5.24. The van der Waals surface area contributed by atoms with E-state index in [9.17, 15) is 0 Å². The molecule has 0 amide bonds. The lowest BCUT2D eigenvalue weighted by Crippen LogP contribution is -2.20. The van der Waals surface area contributed by atoms with Gasteiger partial charge >= 0.3 is 0 Å². The molecular formula is C16H24N2OS. The van der Waals surface area contributed by atoms with Crippen LogP contribution in [0, 0.1) is 5.41 Å². The van der Waals surface area contributed by atoms with E-state index in [0.717, 1.165) is 24.0 Å². The Kier molecular flexibility index (Phi) is 4.97. The van der Waals surface area contributed by atoms with E-state index >= 15 is 0 Å². The van der Waals surface area contributed by atoms with Crippen LogP contribution >= 0.6 is 11.8 Å². The number of aliphatic imine (C=N–C) groups is 1. The third-order valence-corrected chi connectivity index (χ3v) is 4.28. The molecule has 0 saturated carbocycles. The molecule has 3 nitrogen and oxygen atoms in total. The lowest BCUT2D eigenvalue weighted by Gasteiger charge is -2.21. The summed E-state index contributed by atoms with van der Waals surface area (Å²) in [7, 11) is 1.69. The average molecular weight is 292 g/mol. The van der Waals surface area contributed by atoms with Crippen molar-refractivity contribution in [2.75, 3.05) is 13.7 Å². The summed E-state index contributed by atoms with van der Waals surface area (Å²) in [5.74, 6) is 0.899. The van der Waals surface area contributed by atoms with Crippen molar-refractivity contribution in [1.82, 2.24) is 5.32 Å². The van der Waals surface area contributed by atoms with Crippen LogP contribution < -0.4 is 10.1 Å². The van der Waals surface area contributed by atoms with Crippen LogP contribution in [0.1, 0.15) is 32.8 Å². The molecule has 1 heterocycles. The van der Waals surface area contributed by atoms with E-state index in [-0.39, 0.29) is 0 Å². The van der Waals surface area contributed by atoms with Gasteiger partial charge < -0.3 is 10.1 Å². The average Bonchev–Trinajstić information content (AvgIpc) is 2.82. The fourth-order valence-corrected chi connectivity index (χ4v) is 3.62. The summed E-state index contributed by atoms with van der Waals surface area (Å²) in [4.78, 5) is 4.60. The van der Waals surface area contributed by atoms with E-state index in [1.807, 2.05) is 23.9 Å². The normalized spacial score (nSPS) is 18.8. The first-order valence-electron chi connectivity index (χ1n) is 7.04. The van der Waals surface area contributed by atoms with Gasteiger partial charge in [-0.25, -0.2) is 0 Å². The number of nitrogens with zero attached hydrogens (tertiary/aromatic N) is 1. The minimum Gasteiger partial charge on any atom is -0.497 e. The number of hydrogen-bond donors (Lipinski definition) is 1. The molecule has 1 unspecified atom stereocenters. The Hall–Kier alpha value is -1.16. The summed E-state index contributed by atoms with van der Waals surface area (Å²) in [5.41, 5.74) is 1.59. The van der Waals surface area contributed by atoms with E-state index in [0.29, 0.717) is 10.7 Å². The molecule has 20 heavy (non-hydrogen) atoms. The number of benzene rings is 1. The van der Waals surface area contributed by atoms with E-state index in [1.54, 1.807) is 7.11 Å². The number of amidine groups is 1. The predicted molar refractivity (Wildman–Crippen MR) is 87.6 cm³/mol. The Labute approximate surface area is 126 Å². The molecule has 0 aromatic heterocycles. The molecule has 1 atom stereocenters. The topological polar surface area (TPSA) is 33.6 Å². The number of ether oxygens (including phenoxy) is 1. The number of hydrogen-bond acceptors (Lipinski definition) is 4. The van der Waals surface area contributed by atoms with Crippen LogP contribution in [-0.4, -0.2) is 24.1 Å². The minimum atomic E-state index is 0.370. The molecule has 1 N–H and O–H groups in total. The summed E-state index contributed by atoms with van der Waals surface area (Å²) in [6.45, 7) is 8.59. The molecule has 110 valence electrons. The summed E-state index contributed by atoms with van der Waals surface area (Å²) in [6, 6.07) is 8.13. The lowest BCUT2D eigenvalue weighted by atomic mass is 9.90. The van der Waals surface area contributed by atoms with Gasteiger partial charge in [-0.3, -0.25) is 4.99 Å². The maximum absolute atomic E-state index is 5.24. The maximum Gasteiger partial charge on any atom is 0.157 e. The molecule has 4 heteroatoms. The van der Waals surface area contributed by atoms with Gasteiger partial charge in [0.1, 0.15) is 5.75 Å². The zero-order chi connectivity index (χ0) is 14.6. The standard InChI is InChI=1S/C16H24N2OS/c1-16(2,3)9-14-11-18-15(20-14)17-10-12-6-5-7-13(8-12)19-4/h5-8,14H,9-11H2,1-4H3,(H,17,18). The first-order chi connectivity index (χ1) is 9.46. The molecule has 0 bridgehead atoms. The molecule has 0 radical (unpaired) electrons. The van der Waals surface area contributed by atoms with Crippen LogP contribution in [0.3, 0.4) is 0 Å². The molecule has 0 fully saturated rings. The molecule has 1 aliphatic heterocycles. The molecule has 1 aromatic rings. The number of rotatable bonds is 4. The van der Waals surface area contributed by atoms with Crippen LogP contribution in [0.25, 0.3) is 0 Å². The van der Waals surface area contributed by atoms with Crippen molar-refractivity contribution >= 4 is 16.9 Å². The second-order valence-corrected chi connectivity index (χ2v) is 7.64. The molecule has 2 rings (SSSR count). The Morgan fingerprint density at radius 1 is 1.40 bits per heavy atom. The van der Waals surface area contributed by atoms with Gasteiger partial charge in [0.15, 0.2) is 5.17 Å². The molecule has 1 aromatic carbocycles. The van der Waals surface area contributed by atoms with Crippen molar-refractivity contribution in [2.24, 2.45) is 10.4 Å². The number of nitrogens with one attached hydrogen (secondary N) is 1. The van der Waals surface area contributed by atoms with Gasteiger partial charge in [0.05, 0.1) is 13.7 Å². The second-order valence-electron chi connectivity index (χ2n) is 6.36.